The number of thiol groups is 1. The molecule has 0 radical (unpaired) electrons. The number of carboxylic acid groups (broad SMARTS) is 1. The van der Waals surface area contributed by atoms with Crippen LogP contribution in [0.25, 0.3) is 0 Å². The topological polar surface area (TPSA) is 63.3 Å². The summed E-state index contributed by atoms with van der Waals surface area (Å²) in [6.45, 7) is 0. The molecule has 0 aliphatic heterocycles. The van der Waals surface area contributed by atoms with Crippen LogP contribution in [0.3, 0.4) is 0 Å². The zero-order valence-electron chi connectivity index (χ0n) is 4.87. The van der Waals surface area contributed by atoms with E-state index >= 15 is 0 Å². The maximum atomic E-state index is 9.93. The normalized spacial score (nSPS) is 10.6. The SMILES string of the molecule is N[C@@H](CCS)C(=O)O.S.[NaH]. The van der Waals surface area contributed by atoms with E-state index in [9.17, 15) is 4.79 Å². The molecule has 0 aromatic heterocycles. The molecule has 0 aromatic rings. The number of hydrogen-bond acceptors (Lipinski definition) is 3. The van der Waals surface area contributed by atoms with Gasteiger partial charge in [0.1, 0.15) is 6.04 Å². The van der Waals surface area contributed by atoms with E-state index in [2.05, 4.69) is 12.6 Å². The van der Waals surface area contributed by atoms with Crippen molar-refractivity contribution in [1.82, 2.24) is 0 Å². The predicted molar refractivity (Wildman–Crippen MR) is 51.6 cm³/mol. The second kappa shape index (κ2) is 10.1. The quantitative estimate of drug-likeness (QED) is 0.405. The van der Waals surface area contributed by atoms with Crippen LogP contribution in [0.4, 0.5) is 0 Å². The zero-order chi connectivity index (χ0) is 6.57. The van der Waals surface area contributed by atoms with E-state index in [-0.39, 0.29) is 43.1 Å². The minimum absolute atomic E-state index is 0. The number of rotatable bonds is 3. The Morgan fingerprint density at radius 3 is 2.20 bits per heavy atom. The fourth-order valence-corrected chi connectivity index (χ4v) is 0.541. The Balaban J connectivity index is -0.000000245. The van der Waals surface area contributed by atoms with Crippen LogP contribution in [-0.4, -0.2) is 52.4 Å². The molecule has 0 fully saturated rings. The van der Waals surface area contributed by atoms with E-state index in [1.165, 1.54) is 0 Å². The van der Waals surface area contributed by atoms with Crippen LogP contribution in [0.5, 0.6) is 0 Å². The van der Waals surface area contributed by atoms with E-state index in [0.29, 0.717) is 12.2 Å². The summed E-state index contributed by atoms with van der Waals surface area (Å²) in [4.78, 5) is 9.93. The van der Waals surface area contributed by atoms with Crippen molar-refractivity contribution in [2.45, 2.75) is 12.5 Å². The molecule has 0 saturated carbocycles. The molecule has 0 unspecified atom stereocenters. The van der Waals surface area contributed by atoms with Gasteiger partial charge in [-0.2, -0.15) is 26.1 Å². The van der Waals surface area contributed by atoms with Crippen molar-refractivity contribution in [3.8, 4) is 0 Å². The van der Waals surface area contributed by atoms with Gasteiger partial charge in [-0.25, -0.2) is 0 Å². The Labute approximate surface area is 94.9 Å². The van der Waals surface area contributed by atoms with Gasteiger partial charge in [0.2, 0.25) is 0 Å². The summed E-state index contributed by atoms with van der Waals surface area (Å²) in [5, 5.41) is 8.15. The van der Waals surface area contributed by atoms with E-state index in [1.54, 1.807) is 0 Å². The molecule has 58 valence electrons. The summed E-state index contributed by atoms with van der Waals surface area (Å²) in [5.74, 6) is -0.438. The summed E-state index contributed by atoms with van der Waals surface area (Å²) in [6, 6.07) is -0.743. The van der Waals surface area contributed by atoms with Crippen molar-refractivity contribution in [3.63, 3.8) is 0 Å². The number of hydrogen-bond donors (Lipinski definition) is 3. The van der Waals surface area contributed by atoms with Gasteiger partial charge in [0.25, 0.3) is 0 Å². The second-order valence-corrected chi connectivity index (χ2v) is 1.90. The Hall–Kier alpha value is 1.13. The Morgan fingerprint density at radius 2 is 2.10 bits per heavy atom. The van der Waals surface area contributed by atoms with Gasteiger partial charge in [-0.3, -0.25) is 4.79 Å². The molecule has 0 saturated heterocycles. The van der Waals surface area contributed by atoms with Crippen LogP contribution in [-0.2, 0) is 4.79 Å². The van der Waals surface area contributed by atoms with Gasteiger partial charge in [-0.15, -0.1) is 0 Å². The Morgan fingerprint density at radius 1 is 1.70 bits per heavy atom. The molecule has 0 amide bonds. The molecule has 0 spiro atoms. The monoisotopic (exact) mass is 193 g/mol. The van der Waals surface area contributed by atoms with Gasteiger partial charge in [0, 0.05) is 0 Å². The van der Waals surface area contributed by atoms with Crippen LogP contribution in [0.2, 0.25) is 0 Å². The van der Waals surface area contributed by atoms with Gasteiger partial charge in [-0.05, 0) is 12.2 Å². The maximum absolute atomic E-state index is 9.93. The third-order valence-corrected chi connectivity index (χ3v) is 1.02. The third kappa shape index (κ3) is 9.13. The van der Waals surface area contributed by atoms with E-state index in [4.69, 9.17) is 10.8 Å². The van der Waals surface area contributed by atoms with Crippen LogP contribution in [0.1, 0.15) is 6.42 Å². The van der Waals surface area contributed by atoms with E-state index in [1.807, 2.05) is 0 Å². The Kier molecular flexibility index (Phi) is 17.5. The first kappa shape index (κ1) is 17.3. The molecular formula is C4H12NNaO2S2. The van der Waals surface area contributed by atoms with Gasteiger partial charge < -0.3 is 10.8 Å². The summed E-state index contributed by atoms with van der Waals surface area (Å²) >= 11 is 3.81. The summed E-state index contributed by atoms with van der Waals surface area (Å²) < 4.78 is 0. The average Bonchev–Trinajstić information content (AvgIpc) is 1.67. The van der Waals surface area contributed by atoms with Gasteiger partial charge in [0.15, 0.2) is 0 Å². The molecule has 0 aliphatic rings. The number of carboxylic acids is 1. The first-order valence-electron chi connectivity index (χ1n) is 2.27. The van der Waals surface area contributed by atoms with Gasteiger partial charge >= 0.3 is 35.5 Å². The summed E-state index contributed by atoms with van der Waals surface area (Å²) in [7, 11) is 0. The fourth-order valence-electron chi connectivity index (χ4n) is 0.263. The molecule has 6 heteroatoms. The van der Waals surface area contributed by atoms with Crippen LogP contribution in [0, 0.1) is 0 Å². The van der Waals surface area contributed by atoms with Gasteiger partial charge in [0.05, 0.1) is 0 Å². The van der Waals surface area contributed by atoms with Crippen molar-refractivity contribution < 1.29 is 9.90 Å². The predicted octanol–water partition coefficient (Wildman–Crippen LogP) is -0.818. The van der Waals surface area contributed by atoms with Crippen LogP contribution in [0.15, 0.2) is 0 Å². The van der Waals surface area contributed by atoms with E-state index < -0.39 is 12.0 Å². The molecule has 0 aliphatic carbocycles. The third-order valence-electron chi connectivity index (χ3n) is 0.757. The summed E-state index contributed by atoms with van der Waals surface area (Å²) in [6.07, 6.45) is 0.429. The van der Waals surface area contributed by atoms with E-state index in [0.717, 1.165) is 0 Å². The molecular weight excluding hydrogens is 181 g/mol. The molecule has 0 rings (SSSR count). The Bertz CT molecular complexity index is 93.3. The van der Waals surface area contributed by atoms with Crippen molar-refractivity contribution in [3.05, 3.63) is 0 Å². The van der Waals surface area contributed by atoms with Crippen molar-refractivity contribution in [1.29, 1.82) is 0 Å². The first-order valence-corrected chi connectivity index (χ1v) is 2.91. The molecule has 0 aromatic carbocycles. The van der Waals surface area contributed by atoms with Crippen LogP contribution < -0.4 is 5.73 Å². The molecule has 3 nitrogen and oxygen atoms in total. The van der Waals surface area contributed by atoms with Crippen LogP contribution >= 0.6 is 26.1 Å². The standard InChI is InChI=1S/C4H9NO2S.Na.H2S.H/c5-3(1-2-8)4(6)7;;;/h3,8H,1-2,5H2,(H,6,7);;1H2;/t3-;;;/m0.../s1. The number of nitrogens with two attached hydrogens (primary N) is 1. The van der Waals surface area contributed by atoms with Crippen molar-refractivity contribution >= 4 is 61.7 Å². The fraction of sp³-hybridized carbons (Fsp3) is 0.750. The second-order valence-electron chi connectivity index (χ2n) is 1.46. The molecule has 0 bridgehead atoms. The molecule has 0 heterocycles. The molecule has 10 heavy (non-hydrogen) atoms. The van der Waals surface area contributed by atoms with Gasteiger partial charge in [-0.1, -0.05) is 0 Å². The number of carbonyl (C=O) groups is 1. The summed E-state index contributed by atoms with van der Waals surface area (Å²) in [5.41, 5.74) is 5.08. The first-order chi connectivity index (χ1) is 3.68. The zero-order valence-corrected chi connectivity index (χ0v) is 6.77. The van der Waals surface area contributed by atoms with Crippen molar-refractivity contribution in [2.24, 2.45) is 5.73 Å². The number of aliphatic carboxylic acids is 1. The minimum atomic E-state index is -0.959. The van der Waals surface area contributed by atoms with Crippen molar-refractivity contribution in [2.75, 3.05) is 5.75 Å². The molecule has 1 atom stereocenters. The average molecular weight is 193 g/mol. The molecule has 3 N–H and O–H groups in total.